The summed E-state index contributed by atoms with van der Waals surface area (Å²) in [6.45, 7) is 1.49. The van der Waals surface area contributed by atoms with E-state index in [4.69, 9.17) is 5.11 Å². The fourth-order valence-electron chi connectivity index (χ4n) is 1.42. The van der Waals surface area contributed by atoms with Gasteiger partial charge in [-0.15, -0.1) is 0 Å². The summed E-state index contributed by atoms with van der Waals surface area (Å²) in [6, 6.07) is 2.97. The highest BCUT2D eigenvalue weighted by atomic mass is 16.4. The maximum absolute atomic E-state index is 11.9. The first kappa shape index (κ1) is 13.0. The number of hydrogen-bond acceptors (Lipinski definition) is 3. The largest absolute Gasteiger partial charge is 0.480 e. The van der Waals surface area contributed by atoms with Gasteiger partial charge < -0.3 is 14.6 Å². The molecule has 1 aromatic rings. The van der Waals surface area contributed by atoms with Crippen LogP contribution in [0.25, 0.3) is 0 Å². The third-order valence-corrected chi connectivity index (χ3v) is 2.35. The smallest absolute Gasteiger partial charge is 0.323 e. The van der Waals surface area contributed by atoms with Crippen molar-refractivity contribution in [3.63, 3.8) is 0 Å². The predicted molar refractivity (Wildman–Crippen MR) is 60.9 cm³/mol. The number of rotatable bonds is 4. The molecule has 6 nitrogen and oxygen atoms in total. The molecule has 0 spiro atoms. The van der Waals surface area contributed by atoms with Gasteiger partial charge in [-0.2, -0.15) is 0 Å². The molecule has 1 aromatic heterocycles. The van der Waals surface area contributed by atoms with E-state index in [1.165, 1.54) is 23.9 Å². The number of likely N-dealkylation sites (N-methyl/N-ethyl adjacent to an activating group) is 1. The first-order valence-electron chi connectivity index (χ1n) is 5.14. The minimum Gasteiger partial charge on any atom is -0.480 e. The lowest BCUT2D eigenvalue weighted by molar-refractivity contribution is -0.137. The summed E-state index contributed by atoms with van der Waals surface area (Å²) in [5, 5.41) is 8.66. The predicted octanol–water partition coefficient (Wildman–Crippen LogP) is -0.0680. The second kappa shape index (κ2) is 5.29. The monoisotopic (exact) mass is 238 g/mol. The van der Waals surface area contributed by atoms with Crippen LogP contribution in [0.4, 0.5) is 0 Å². The van der Waals surface area contributed by atoms with Gasteiger partial charge in [-0.3, -0.25) is 14.4 Å². The van der Waals surface area contributed by atoms with Crippen LogP contribution in [0.15, 0.2) is 23.1 Å². The zero-order chi connectivity index (χ0) is 13.0. The van der Waals surface area contributed by atoms with Crippen LogP contribution in [0.5, 0.6) is 0 Å². The summed E-state index contributed by atoms with van der Waals surface area (Å²) in [5.74, 6) is -1.66. The summed E-state index contributed by atoms with van der Waals surface area (Å²) >= 11 is 0. The zero-order valence-corrected chi connectivity index (χ0v) is 9.71. The van der Waals surface area contributed by atoms with Crippen LogP contribution in [0, 0.1) is 0 Å². The average Bonchev–Trinajstić information content (AvgIpc) is 2.28. The number of carboxylic acids is 1. The van der Waals surface area contributed by atoms with Gasteiger partial charge in [0.05, 0.1) is 0 Å². The van der Waals surface area contributed by atoms with Crippen molar-refractivity contribution in [3.05, 3.63) is 34.2 Å². The van der Waals surface area contributed by atoms with Crippen molar-refractivity contribution in [1.82, 2.24) is 9.47 Å². The molecule has 0 aliphatic carbocycles. The Balaban J connectivity index is 3.06. The van der Waals surface area contributed by atoms with E-state index in [0.29, 0.717) is 0 Å². The van der Waals surface area contributed by atoms with Crippen LogP contribution >= 0.6 is 0 Å². The number of aryl methyl sites for hydroxylation is 1. The fourth-order valence-corrected chi connectivity index (χ4v) is 1.42. The van der Waals surface area contributed by atoms with E-state index in [0.717, 1.165) is 4.90 Å². The minimum absolute atomic E-state index is 0.0156. The van der Waals surface area contributed by atoms with Crippen molar-refractivity contribution in [2.24, 2.45) is 7.05 Å². The molecular formula is C11H14N2O4. The van der Waals surface area contributed by atoms with E-state index in [2.05, 4.69) is 0 Å². The SMILES string of the molecule is CCN(CC(=O)O)C(=O)c1cccn(C)c1=O. The highest BCUT2D eigenvalue weighted by Gasteiger charge is 2.19. The van der Waals surface area contributed by atoms with Crippen molar-refractivity contribution in [1.29, 1.82) is 0 Å². The first-order chi connectivity index (χ1) is 7.97. The van der Waals surface area contributed by atoms with Gasteiger partial charge in [0.2, 0.25) is 0 Å². The third kappa shape index (κ3) is 2.93. The van der Waals surface area contributed by atoms with Crippen molar-refractivity contribution < 1.29 is 14.7 Å². The number of aliphatic carboxylic acids is 1. The number of aromatic nitrogens is 1. The maximum atomic E-state index is 11.9. The van der Waals surface area contributed by atoms with E-state index >= 15 is 0 Å². The van der Waals surface area contributed by atoms with Gasteiger partial charge >= 0.3 is 5.97 Å². The summed E-state index contributed by atoms with van der Waals surface area (Å²) in [6.07, 6.45) is 1.53. The van der Waals surface area contributed by atoms with E-state index in [-0.39, 0.29) is 12.1 Å². The molecule has 92 valence electrons. The Morgan fingerprint density at radius 1 is 1.47 bits per heavy atom. The van der Waals surface area contributed by atoms with E-state index in [1.807, 2.05) is 0 Å². The number of carbonyl (C=O) groups is 2. The Hall–Kier alpha value is -2.11. The second-order valence-corrected chi connectivity index (χ2v) is 3.55. The van der Waals surface area contributed by atoms with Crippen LogP contribution in [-0.2, 0) is 11.8 Å². The fraction of sp³-hybridized carbons (Fsp3) is 0.364. The molecule has 0 atom stereocenters. The minimum atomic E-state index is -1.10. The van der Waals surface area contributed by atoms with Crippen LogP contribution in [0.1, 0.15) is 17.3 Å². The van der Waals surface area contributed by atoms with Crippen molar-refractivity contribution in [2.45, 2.75) is 6.92 Å². The van der Waals surface area contributed by atoms with Gasteiger partial charge in [0.1, 0.15) is 12.1 Å². The molecule has 0 aliphatic rings. The van der Waals surface area contributed by atoms with E-state index in [1.54, 1.807) is 13.0 Å². The Morgan fingerprint density at radius 3 is 2.65 bits per heavy atom. The number of nitrogens with zero attached hydrogens (tertiary/aromatic N) is 2. The molecular weight excluding hydrogens is 224 g/mol. The summed E-state index contributed by atoms with van der Waals surface area (Å²) < 4.78 is 1.28. The average molecular weight is 238 g/mol. The maximum Gasteiger partial charge on any atom is 0.323 e. The topological polar surface area (TPSA) is 79.6 Å². The number of carboxylic acid groups (broad SMARTS) is 1. The molecule has 1 amide bonds. The molecule has 0 fully saturated rings. The van der Waals surface area contributed by atoms with Gasteiger partial charge in [-0.25, -0.2) is 0 Å². The normalized spacial score (nSPS) is 10.0. The van der Waals surface area contributed by atoms with Gasteiger partial charge in [0, 0.05) is 19.8 Å². The molecule has 0 radical (unpaired) electrons. The van der Waals surface area contributed by atoms with Crippen LogP contribution in [-0.4, -0.2) is 39.5 Å². The summed E-state index contributed by atoms with van der Waals surface area (Å²) in [7, 11) is 1.53. The highest BCUT2D eigenvalue weighted by Crippen LogP contribution is 1.99. The van der Waals surface area contributed by atoms with Gasteiger partial charge in [0.25, 0.3) is 11.5 Å². The molecule has 0 unspecified atom stereocenters. The van der Waals surface area contributed by atoms with E-state index < -0.39 is 24.0 Å². The van der Waals surface area contributed by atoms with Crippen LogP contribution in [0.3, 0.4) is 0 Å². The van der Waals surface area contributed by atoms with Gasteiger partial charge in [-0.1, -0.05) is 0 Å². The lowest BCUT2D eigenvalue weighted by Gasteiger charge is -2.18. The molecule has 0 saturated carbocycles. The number of amides is 1. The Labute approximate surface area is 98.1 Å². The zero-order valence-electron chi connectivity index (χ0n) is 9.71. The summed E-state index contributed by atoms with van der Waals surface area (Å²) in [4.78, 5) is 35.3. The lowest BCUT2D eigenvalue weighted by atomic mass is 10.2. The second-order valence-electron chi connectivity index (χ2n) is 3.55. The Bertz CT molecular complexity index is 492. The van der Waals surface area contributed by atoms with Crippen LogP contribution in [0.2, 0.25) is 0 Å². The van der Waals surface area contributed by atoms with Crippen molar-refractivity contribution in [2.75, 3.05) is 13.1 Å². The molecule has 1 N–H and O–H groups in total. The third-order valence-electron chi connectivity index (χ3n) is 2.35. The quantitative estimate of drug-likeness (QED) is 0.796. The number of carbonyl (C=O) groups excluding carboxylic acids is 1. The van der Waals surface area contributed by atoms with Gasteiger partial charge in [-0.05, 0) is 19.1 Å². The van der Waals surface area contributed by atoms with Crippen molar-refractivity contribution in [3.8, 4) is 0 Å². The summed E-state index contributed by atoms with van der Waals surface area (Å²) in [5.41, 5.74) is -0.445. The molecule has 17 heavy (non-hydrogen) atoms. The molecule has 1 heterocycles. The van der Waals surface area contributed by atoms with E-state index in [9.17, 15) is 14.4 Å². The molecule has 0 saturated heterocycles. The molecule has 6 heteroatoms. The number of hydrogen-bond donors (Lipinski definition) is 1. The van der Waals surface area contributed by atoms with Crippen LogP contribution < -0.4 is 5.56 Å². The lowest BCUT2D eigenvalue weighted by Crippen LogP contribution is -2.39. The van der Waals surface area contributed by atoms with Gasteiger partial charge in [0.15, 0.2) is 0 Å². The molecule has 1 rings (SSSR count). The molecule has 0 aromatic carbocycles. The standard InChI is InChI=1S/C11H14N2O4/c1-3-13(7-9(14)15)11(17)8-5-4-6-12(2)10(8)16/h4-6H,3,7H2,1-2H3,(H,14,15). The Kier molecular flexibility index (Phi) is 4.03. The highest BCUT2D eigenvalue weighted by molar-refractivity contribution is 5.95. The molecule has 0 bridgehead atoms. The van der Waals surface area contributed by atoms with Crippen molar-refractivity contribution >= 4 is 11.9 Å². The Morgan fingerprint density at radius 2 is 2.12 bits per heavy atom. The number of pyridine rings is 1. The molecule has 0 aliphatic heterocycles. The first-order valence-corrected chi connectivity index (χ1v) is 5.14.